The maximum atomic E-state index is 11.5. The summed E-state index contributed by atoms with van der Waals surface area (Å²) in [5.74, 6) is 4.38. The highest BCUT2D eigenvalue weighted by Gasteiger charge is 2.66. The van der Waals surface area contributed by atoms with Gasteiger partial charge in [-0.2, -0.15) is 0 Å². The summed E-state index contributed by atoms with van der Waals surface area (Å²) < 4.78 is 24.7. The van der Waals surface area contributed by atoms with Gasteiger partial charge < -0.3 is 4.57 Å². The Labute approximate surface area is 112 Å². The summed E-state index contributed by atoms with van der Waals surface area (Å²) in [6.45, 7) is 2.47. The number of rotatable bonds is 3. The largest absolute Gasteiger partial charge is 0.301 e. The smallest absolute Gasteiger partial charge is 0.273 e. The molecule has 7 heteroatoms. The molecule has 104 valence electrons. The van der Waals surface area contributed by atoms with Crippen LogP contribution in [-0.4, -0.2) is 23.2 Å². The second-order valence-electron chi connectivity index (χ2n) is 6.14. The topological polar surface area (TPSA) is 90.9 Å². The van der Waals surface area contributed by atoms with Gasteiger partial charge in [0.05, 0.1) is 0 Å². The van der Waals surface area contributed by atoms with Crippen molar-refractivity contribution in [2.45, 2.75) is 43.8 Å². The lowest BCUT2D eigenvalue weighted by Gasteiger charge is -2.10. The number of sulfonamides is 1. The summed E-state index contributed by atoms with van der Waals surface area (Å²) in [4.78, 5) is 0. The maximum Gasteiger partial charge on any atom is 0.273 e. The predicted octanol–water partition coefficient (Wildman–Crippen LogP) is 0.705. The zero-order valence-corrected chi connectivity index (χ0v) is 11.7. The summed E-state index contributed by atoms with van der Waals surface area (Å²) in [5.41, 5.74) is 0. The molecule has 1 aromatic heterocycles. The molecule has 4 unspecified atom stereocenters. The average Bonchev–Trinajstić information content (AvgIpc) is 2.75. The summed E-state index contributed by atoms with van der Waals surface area (Å²) in [6.07, 6.45) is 4.05. The second kappa shape index (κ2) is 3.58. The third-order valence-electron chi connectivity index (χ3n) is 5.35. The minimum Gasteiger partial charge on any atom is -0.301 e. The van der Waals surface area contributed by atoms with E-state index in [2.05, 4.69) is 10.2 Å². The van der Waals surface area contributed by atoms with Gasteiger partial charge in [-0.15, -0.1) is 10.2 Å². The van der Waals surface area contributed by atoms with Crippen molar-refractivity contribution < 1.29 is 8.42 Å². The molecule has 19 heavy (non-hydrogen) atoms. The van der Waals surface area contributed by atoms with Crippen LogP contribution in [0.2, 0.25) is 0 Å². The molecule has 0 saturated heterocycles. The van der Waals surface area contributed by atoms with Crippen LogP contribution >= 0.6 is 0 Å². The van der Waals surface area contributed by atoms with Crippen LogP contribution in [0.15, 0.2) is 5.16 Å². The molecule has 0 amide bonds. The summed E-state index contributed by atoms with van der Waals surface area (Å²) in [5, 5.41) is 13.1. The summed E-state index contributed by atoms with van der Waals surface area (Å²) in [7, 11) is -3.78. The Kier molecular flexibility index (Phi) is 2.23. The third kappa shape index (κ3) is 1.48. The van der Waals surface area contributed by atoms with Gasteiger partial charge in [-0.25, -0.2) is 13.6 Å². The Balaban J connectivity index is 1.73. The van der Waals surface area contributed by atoms with E-state index in [4.69, 9.17) is 5.14 Å². The number of hydrogen-bond acceptors (Lipinski definition) is 4. The van der Waals surface area contributed by atoms with Gasteiger partial charge in [0.25, 0.3) is 15.2 Å². The van der Waals surface area contributed by atoms with Crippen LogP contribution in [-0.2, 0) is 16.6 Å². The monoisotopic (exact) mass is 282 g/mol. The molecule has 3 aliphatic rings. The normalized spacial score (nSPS) is 39.6. The van der Waals surface area contributed by atoms with E-state index in [0.717, 1.165) is 29.5 Å². The zero-order chi connectivity index (χ0) is 13.4. The number of nitrogens with two attached hydrogens (primary N) is 1. The fourth-order valence-electron chi connectivity index (χ4n) is 4.72. The van der Waals surface area contributed by atoms with E-state index in [1.54, 1.807) is 4.57 Å². The minimum absolute atomic E-state index is 0.0812. The Morgan fingerprint density at radius 3 is 2.42 bits per heavy atom. The number of aromatic nitrogens is 3. The van der Waals surface area contributed by atoms with E-state index in [-0.39, 0.29) is 5.16 Å². The van der Waals surface area contributed by atoms with Crippen molar-refractivity contribution in [3.8, 4) is 0 Å². The number of fused-ring (bicyclic) bond motifs is 5. The van der Waals surface area contributed by atoms with Crippen LogP contribution in [0.25, 0.3) is 0 Å². The van der Waals surface area contributed by atoms with Crippen LogP contribution in [0.1, 0.15) is 37.9 Å². The van der Waals surface area contributed by atoms with Crippen LogP contribution in [0.4, 0.5) is 0 Å². The molecule has 0 radical (unpaired) electrons. The van der Waals surface area contributed by atoms with Gasteiger partial charge in [0.2, 0.25) is 0 Å². The van der Waals surface area contributed by atoms with Crippen molar-refractivity contribution in [3.05, 3.63) is 5.82 Å². The molecule has 0 aromatic carbocycles. The van der Waals surface area contributed by atoms with Gasteiger partial charge in [-0.05, 0) is 49.9 Å². The van der Waals surface area contributed by atoms with Crippen molar-refractivity contribution >= 4 is 10.0 Å². The van der Waals surface area contributed by atoms with Gasteiger partial charge in [0, 0.05) is 12.5 Å². The Morgan fingerprint density at radius 1 is 1.26 bits per heavy atom. The lowest BCUT2D eigenvalue weighted by molar-refractivity contribution is 0.456. The zero-order valence-electron chi connectivity index (χ0n) is 10.9. The fraction of sp³-hybridized carbons (Fsp3) is 0.833. The quantitative estimate of drug-likeness (QED) is 0.883. The van der Waals surface area contributed by atoms with Crippen molar-refractivity contribution in [2.24, 2.45) is 28.8 Å². The van der Waals surface area contributed by atoms with Crippen LogP contribution < -0.4 is 5.14 Å². The highest BCUT2D eigenvalue weighted by molar-refractivity contribution is 7.89. The first-order valence-corrected chi connectivity index (χ1v) is 8.53. The van der Waals surface area contributed by atoms with Crippen LogP contribution in [0.5, 0.6) is 0 Å². The number of hydrogen-bond donors (Lipinski definition) is 1. The van der Waals surface area contributed by atoms with E-state index in [0.29, 0.717) is 12.5 Å². The molecule has 1 heterocycles. The highest BCUT2D eigenvalue weighted by atomic mass is 32.2. The van der Waals surface area contributed by atoms with E-state index in [1.807, 2.05) is 6.92 Å². The molecule has 1 aromatic rings. The molecule has 0 aliphatic heterocycles. The first-order chi connectivity index (χ1) is 9.02. The lowest BCUT2D eigenvalue weighted by Crippen LogP contribution is -2.19. The third-order valence-corrected chi connectivity index (χ3v) is 6.16. The van der Waals surface area contributed by atoms with Gasteiger partial charge >= 0.3 is 0 Å². The number of nitrogens with zero attached hydrogens (tertiary/aromatic N) is 3. The van der Waals surface area contributed by atoms with E-state index >= 15 is 0 Å². The second-order valence-corrected chi connectivity index (χ2v) is 7.60. The molecule has 4 rings (SSSR count). The van der Waals surface area contributed by atoms with Crippen LogP contribution in [0, 0.1) is 23.7 Å². The standard InChI is InChI=1S/C12H18N4O2S/c1-2-16-11(14-15-12(16)19(13,17)18)10-8-6-3-4-7(5-6)9(8)10/h6-10H,2-5H2,1H3,(H2,13,17,18). The van der Waals surface area contributed by atoms with Crippen molar-refractivity contribution in [2.75, 3.05) is 0 Å². The van der Waals surface area contributed by atoms with Crippen LogP contribution in [0.3, 0.4) is 0 Å². The maximum absolute atomic E-state index is 11.5. The minimum atomic E-state index is -3.78. The van der Waals surface area contributed by atoms with Gasteiger partial charge in [-0.1, -0.05) is 0 Å². The highest BCUT2D eigenvalue weighted by Crippen LogP contribution is 2.72. The van der Waals surface area contributed by atoms with E-state index in [1.165, 1.54) is 19.3 Å². The predicted molar refractivity (Wildman–Crippen MR) is 67.6 cm³/mol. The molecular formula is C12H18N4O2S. The molecule has 6 nitrogen and oxygen atoms in total. The molecule has 3 saturated carbocycles. The van der Waals surface area contributed by atoms with Gasteiger partial charge in [0.1, 0.15) is 5.82 Å². The van der Waals surface area contributed by atoms with E-state index in [9.17, 15) is 8.42 Å². The molecule has 2 N–H and O–H groups in total. The molecule has 3 aliphatic carbocycles. The average molecular weight is 282 g/mol. The molecule has 0 spiro atoms. The first kappa shape index (κ1) is 11.8. The van der Waals surface area contributed by atoms with Gasteiger partial charge in [0.15, 0.2) is 0 Å². The summed E-state index contributed by atoms with van der Waals surface area (Å²) in [6, 6.07) is 0. The molecular weight excluding hydrogens is 264 g/mol. The molecule has 4 atom stereocenters. The van der Waals surface area contributed by atoms with Crippen molar-refractivity contribution in [3.63, 3.8) is 0 Å². The SMILES string of the molecule is CCn1c(C2C3C4CCC(C4)C23)nnc1S(N)(=O)=O. The van der Waals surface area contributed by atoms with E-state index < -0.39 is 10.0 Å². The van der Waals surface area contributed by atoms with Crippen molar-refractivity contribution in [1.29, 1.82) is 0 Å². The molecule has 2 bridgehead atoms. The fourth-order valence-corrected chi connectivity index (χ4v) is 5.41. The lowest BCUT2D eigenvalue weighted by atomic mass is 10.0. The van der Waals surface area contributed by atoms with Gasteiger partial charge in [-0.3, -0.25) is 0 Å². The molecule has 3 fully saturated rings. The Hall–Kier alpha value is -0.950. The number of primary sulfonamides is 1. The summed E-state index contributed by atoms with van der Waals surface area (Å²) >= 11 is 0. The Bertz CT molecular complexity index is 622. The Morgan fingerprint density at radius 2 is 1.89 bits per heavy atom. The van der Waals surface area contributed by atoms with Crippen molar-refractivity contribution in [1.82, 2.24) is 14.8 Å². The first-order valence-electron chi connectivity index (χ1n) is 6.98.